The maximum atomic E-state index is 12.3. The maximum Gasteiger partial charge on any atom is 0.144 e. The van der Waals surface area contributed by atoms with Crippen LogP contribution in [-0.4, -0.2) is 26.1 Å². The fourth-order valence-corrected chi connectivity index (χ4v) is 4.54. The highest BCUT2D eigenvalue weighted by atomic mass is 32.2. The fourth-order valence-electron chi connectivity index (χ4n) is 3.93. The molecule has 1 aromatic carbocycles. The van der Waals surface area contributed by atoms with Crippen LogP contribution in [0.25, 0.3) is 10.9 Å². The number of hydrogen-bond acceptors (Lipinski definition) is 4. The molecular weight excluding hydrogens is 392 g/mol. The molecule has 1 heterocycles. The summed E-state index contributed by atoms with van der Waals surface area (Å²) < 4.78 is 22.6. The minimum atomic E-state index is -1.29. The van der Waals surface area contributed by atoms with Gasteiger partial charge < -0.3 is 9.29 Å². The quantitative estimate of drug-likeness (QED) is 0.413. The minimum absolute atomic E-state index is 0.301. The molecule has 0 aliphatic heterocycles. The molecule has 3 rings (SSSR count). The first-order chi connectivity index (χ1) is 13.9. The van der Waals surface area contributed by atoms with Crippen molar-refractivity contribution in [3.8, 4) is 5.75 Å². The van der Waals surface area contributed by atoms with Crippen molar-refractivity contribution in [1.29, 1.82) is 0 Å². The highest BCUT2D eigenvalue weighted by Gasteiger charge is 2.30. The summed E-state index contributed by atoms with van der Waals surface area (Å²) in [5.41, 5.74) is 2.74. The molecule has 0 saturated heterocycles. The second-order valence-corrected chi connectivity index (χ2v) is 12.5. The molecule has 5 heteroatoms. The zero-order valence-corrected chi connectivity index (χ0v) is 20.3. The van der Waals surface area contributed by atoms with Crippen LogP contribution in [0.2, 0.25) is 0 Å². The molecule has 2 aromatic rings. The first kappa shape index (κ1) is 23.1. The van der Waals surface area contributed by atoms with Crippen molar-refractivity contribution < 1.29 is 9.29 Å². The Labute approximate surface area is 184 Å². The van der Waals surface area contributed by atoms with Crippen LogP contribution in [0.1, 0.15) is 79.8 Å². The van der Waals surface area contributed by atoms with Gasteiger partial charge in [-0.25, -0.2) is 4.98 Å². The summed E-state index contributed by atoms with van der Waals surface area (Å²) in [6.45, 7) is 14.7. The van der Waals surface area contributed by atoms with E-state index in [0.717, 1.165) is 41.1 Å². The van der Waals surface area contributed by atoms with Crippen LogP contribution in [0, 0.1) is 11.3 Å². The number of nitrogens with zero attached hydrogens (tertiary/aromatic N) is 2. The van der Waals surface area contributed by atoms with Crippen LogP contribution in [0.15, 0.2) is 34.7 Å². The average Bonchev–Trinajstić information content (AvgIpc) is 2.66. The number of ether oxygens (including phenoxy) is 1. The molecule has 0 spiro atoms. The summed E-state index contributed by atoms with van der Waals surface area (Å²) in [5.74, 6) is 1.70. The summed E-state index contributed by atoms with van der Waals surface area (Å²) in [4.78, 5) is 4.71. The molecule has 1 saturated carbocycles. The van der Waals surface area contributed by atoms with E-state index in [1.54, 1.807) is 0 Å². The van der Waals surface area contributed by atoms with E-state index in [9.17, 15) is 4.55 Å². The summed E-state index contributed by atoms with van der Waals surface area (Å²) in [6.07, 6.45) is 5.02. The van der Waals surface area contributed by atoms with Crippen molar-refractivity contribution in [2.45, 2.75) is 85.0 Å². The van der Waals surface area contributed by atoms with Crippen LogP contribution in [0.3, 0.4) is 0 Å². The van der Waals surface area contributed by atoms with Gasteiger partial charge in [-0.15, -0.1) is 0 Å². The number of rotatable bonds is 4. The van der Waals surface area contributed by atoms with E-state index in [1.165, 1.54) is 12.8 Å². The van der Waals surface area contributed by atoms with Crippen molar-refractivity contribution in [1.82, 2.24) is 4.98 Å². The predicted molar refractivity (Wildman–Crippen MR) is 128 cm³/mol. The largest absolute Gasteiger partial charge is 0.591 e. The van der Waals surface area contributed by atoms with Crippen LogP contribution in [-0.2, 0) is 11.4 Å². The second kappa shape index (κ2) is 8.88. The summed E-state index contributed by atoms with van der Waals surface area (Å²) in [7, 11) is 0. The van der Waals surface area contributed by atoms with Gasteiger partial charge in [0, 0.05) is 5.39 Å². The van der Waals surface area contributed by atoms with E-state index in [2.05, 4.69) is 31.2 Å². The van der Waals surface area contributed by atoms with Crippen LogP contribution >= 0.6 is 0 Å². The highest BCUT2D eigenvalue weighted by Crippen LogP contribution is 2.39. The van der Waals surface area contributed by atoms with Gasteiger partial charge in [0.1, 0.15) is 27.6 Å². The van der Waals surface area contributed by atoms with Gasteiger partial charge in [-0.3, -0.25) is 0 Å². The van der Waals surface area contributed by atoms with Crippen molar-refractivity contribution in [3.05, 3.63) is 36.0 Å². The number of hydrogen-bond donors (Lipinski definition) is 0. The molecule has 1 atom stereocenters. The summed E-state index contributed by atoms with van der Waals surface area (Å²) >= 11 is -1.29. The van der Waals surface area contributed by atoms with Crippen LogP contribution in [0.5, 0.6) is 5.75 Å². The van der Waals surface area contributed by atoms with Gasteiger partial charge in [0.2, 0.25) is 0 Å². The maximum absolute atomic E-state index is 12.3. The standard InChI is InChI=1S/C25H36N2O2S/c1-17(27-30(28)25(5,6)7)22-14-8-18-16-21(13-15-23(18)26-22)29-20-11-9-19(10-12-20)24(2,3)4/h8,13-16,19-20H,9-12H2,1-7H3/b27-17-. The number of fused-ring (bicyclic) bond motifs is 1. The van der Waals surface area contributed by atoms with Crippen molar-refractivity contribution in [2.75, 3.05) is 0 Å². The SMILES string of the molecule is C/C(=N/[S+]([O-])C(C)(C)C)c1ccc2cc(OC3CCC(C(C)(C)C)CC3)ccc2n1. The van der Waals surface area contributed by atoms with E-state index in [4.69, 9.17) is 9.72 Å². The van der Waals surface area contributed by atoms with E-state index in [0.29, 0.717) is 17.2 Å². The lowest BCUT2D eigenvalue weighted by molar-refractivity contribution is 0.0883. The Morgan fingerprint density at radius 2 is 1.70 bits per heavy atom. The first-order valence-corrected chi connectivity index (χ1v) is 12.1. The summed E-state index contributed by atoms with van der Waals surface area (Å²) in [5, 5.41) is 1.05. The topological polar surface area (TPSA) is 57.5 Å². The van der Waals surface area contributed by atoms with Gasteiger partial charge in [0.25, 0.3) is 0 Å². The van der Waals surface area contributed by atoms with Gasteiger partial charge in [0.15, 0.2) is 0 Å². The third kappa shape index (κ3) is 5.76. The molecule has 0 amide bonds. The normalized spacial score (nSPS) is 22.2. The lowest BCUT2D eigenvalue weighted by Crippen LogP contribution is -2.30. The Balaban J connectivity index is 1.69. The Morgan fingerprint density at radius 1 is 1.03 bits per heavy atom. The molecular formula is C25H36N2O2S. The monoisotopic (exact) mass is 428 g/mol. The highest BCUT2D eigenvalue weighted by molar-refractivity contribution is 7.91. The minimum Gasteiger partial charge on any atom is -0.591 e. The predicted octanol–water partition coefficient (Wildman–Crippen LogP) is 6.49. The molecule has 0 radical (unpaired) electrons. The first-order valence-electron chi connectivity index (χ1n) is 11.0. The Hall–Kier alpha value is -1.59. The molecule has 0 N–H and O–H groups in total. The van der Waals surface area contributed by atoms with E-state index in [-0.39, 0.29) is 4.75 Å². The molecule has 1 aromatic heterocycles. The second-order valence-electron chi connectivity index (χ2n) is 10.5. The molecule has 1 aliphatic carbocycles. The van der Waals surface area contributed by atoms with Crippen LogP contribution < -0.4 is 4.74 Å². The van der Waals surface area contributed by atoms with Crippen molar-refractivity contribution in [3.63, 3.8) is 0 Å². The van der Waals surface area contributed by atoms with Gasteiger partial charge in [-0.2, -0.15) is 0 Å². The Bertz CT molecular complexity index is 903. The van der Waals surface area contributed by atoms with Gasteiger partial charge in [0.05, 0.1) is 17.3 Å². The molecule has 0 bridgehead atoms. The van der Waals surface area contributed by atoms with Crippen molar-refractivity contribution >= 4 is 28.0 Å². The number of aromatic nitrogens is 1. The fraction of sp³-hybridized carbons (Fsp3) is 0.600. The molecule has 164 valence electrons. The molecule has 30 heavy (non-hydrogen) atoms. The van der Waals surface area contributed by atoms with E-state index < -0.39 is 11.4 Å². The molecule has 1 fully saturated rings. The summed E-state index contributed by atoms with van der Waals surface area (Å²) in [6, 6.07) is 10.1. The van der Waals surface area contributed by atoms with E-state index in [1.807, 2.05) is 52.0 Å². The Morgan fingerprint density at radius 3 is 2.30 bits per heavy atom. The van der Waals surface area contributed by atoms with Gasteiger partial charge >= 0.3 is 0 Å². The zero-order chi connectivity index (χ0) is 22.1. The third-order valence-corrected chi connectivity index (χ3v) is 7.46. The van der Waals surface area contributed by atoms with Gasteiger partial charge in [-0.1, -0.05) is 31.2 Å². The molecule has 1 aliphatic rings. The third-order valence-electron chi connectivity index (χ3n) is 5.98. The zero-order valence-electron chi connectivity index (χ0n) is 19.5. The molecule has 4 nitrogen and oxygen atoms in total. The van der Waals surface area contributed by atoms with Crippen molar-refractivity contribution in [2.24, 2.45) is 15.7 Å². The Kier molecular flexibility index (Phi) is 6.83. The number of benzene rings is 1. The smallest absolute Gasteiger partial charge is 0.144 e. The lowest BCUT2D eigenvalue weighted by atomic mass is 9.72. The number of pyridine rings is 1. The lowest BCUT2D eigenvalue weighted by Gasteiger charge is -2.36. The van der Waals surface area contributed by atoms with Crippen LogP contribution in [0.4, 0.5) is 0 Å². The van der Waals surface area contributed by atoms with E-state index >= 15 is 0 Å². The molecule has 1 unspecified atom stereocenters. The van der Waals surface area contributed by atoms with Gasteiger partial charge in [-0.05, 0) is 89.0 Å². The average molecular weight is 429 g/mol.